The molecule has 0 unspecified atom stereocenters. The summed E-state index contributed by atoms with van der Waals surface area (Å²) in [5.74, 6) is 0. The molecular formula is C13H19N3OS. The Labute approximate surface area is 113 Å². The first-order valence-electron chi connectivity index (χ1n) is 5.94. The monoisotopic (exact) mass is 265 g/mol. The third kappa shape index (κ3) is 4.71. The van der Waals surface area contributed by atoms with Crippen molar-refractivity contribution in [1.82, 2.24) is 4.90 Å². The average molecular weight is 265 g/mol. The minimum Gasteiger partial charge on any atom is -0.393 e. The normalized spacial score (nSPS) is 9.89. The van der Waals surface area contributed by atoms with Crippen LogP contribution in [0.1, 0.15) is 18.9 Å². The Hall–Kier alpha value is -1.62. The zero-order valence-electron chi connectivity index (χ0n) is 10.8. The molecule has 0 spiro atoms. The number of hydrogen-bond acceptors (Lipinski definition) is 2. The van der Waals surface area contributed by atoms with Crippen molar-refractivity contribution in [3.63, 3.8) is 0 Å². The zero-order chi connectivity index (χ0) is 13.5. The van der Waals surface area contributed by atoms with Crippen LogP contribution in [0.25, 0.3) is 0 Å². The number of carbonyl (C=O) groups excluding carboxylic acids is 1. The van der Waals surface area contributed by atoms with Crippen LogP contribution in [0.15, 0.2) is 24.3 Å². The van der Waals surface area contributed by atoms with Crippen molar-refractivity contribution in [1.29, 1.82) is 0 Å². The molecule has 0 saturated carbocycles. The van der Waals surface area contributed by atoms with Gasteiger partial charge in [0, 0.05) is 25.2 Å². The van der Waals surface area contributed by atoms with Crippen LogP contribution >= 0.6 is 12.2 Å². The first-order valence-corrected chi connectivity index (χ1v) is 6.34. The molecule has 2 amide bonds. The molecule has 0 fully saturated rings. The Morgan fingerprint density at radius 3 is 2.78 bits per heavy atom. The summed E-state index contributed by atoms with van der Waals surface area (Å²) in [6, 6.07) is 7.57. The van der Waals surface area contributed by atoms with Gasteiger partial charge in [-0.25, -0.2) is 4.79 Å². The summed E-state index contributed by atoms with van der Waals surface area (Å²) in [5, 5.41) is 2.86. The predicted octanol–water partition coefficient (Wildman–Crippen LogP) is 2.53. The predicted molar refractivity (Wildman–Crippen MR) is 78.8 cm³/mol. The molecule has 1 rings (SSSR count). The van der Waals surface area contributed by atoms with Crippen molar-refractivity contribution < 1.29 is 4.79 Å². The van der Waals surface area contributed by atoms with E-state index < -0.39 is 0 Å². The third-order valence-corrected chi connectivity index (χ3v) is 2.77. The lowest BCUT2D eigenvalue weighted by Crippen LogP contribution is -2.36. The van der Waals surface area contributed by atoms with E-state index in [1.807, 2.05) is 38.1 Å². The largest absolute Gasteiger partial charge is 0.393 e. The molecule has 1 aromatic carbocycles. The SMILES string of the molecule is CCN(CCC(N)=S)C(=O)Nc1cccc(C)c1. The van der Waals surface area contributed by atoms with E-state index in [-0.39, 0.29) is 6.03 Å². The molecule has 3 N–H and O–H groups in total. The number of nitrogens with one attached hydrogen (secondary N) is 1. The Morgan fingerprint density at radius 2 is 2.22 bits per heavy atom. The lowest BCUT2D eigenvalue weighted by molar-refractivity contribution is 0.216. The van der Waals surface area contributed by atoms with Crippen LogP contribution in [0.4, 0.5) is 10.5 Å². The van der Waals surface area contributed by atoms with Gasteiger partial charge in [-0.05, 0) is 31.5 Å². The van der Waals surface area contributed by atoms with Crippen molar-refractivity contribution in [2.75, 3.05) is 18.4 Å². The van der Waals surface area contributed by atoms with Crippen molar-refractivity contribution in [2.24, 2.45) is 5.73 Å². The van der Waals surface area contributed by atoms with Gasteiger partial charge < -0.3 is 16.0 Å². The van der Waals surface area contributed by atoms with E-state index in [4.69, 9.17) is 18.0 Å². The summed E-state index contributed by atoms with van der Waals surface area (Å²) in [6.07, 6.45) is 0.546. The zero-order valence-corrected chi connectivity index (χ0v) is 11.6. The summed E-state index contributed by atoms with van der Waals surface area (Å²) >= 11 is 4.81. The molecule has 0 aliphatic rings. The van der Waals surface area contributed by atoms with Crippen molar-refractivity contribution >= 4 is 28.9 Å². The molecule has 0 bridgehead atoms. The third-order valence-electron chi connectivity index (χ3n) is 2.57. The van der Waals surface area contributed by atoms with Crippen molar-refractivity contribution in [3.8, 4) is 0 Å². The highest BCUT2D eigenvalue weighted by Gasteiger charge is 2.11. The van der Waals surface area contributed by atoms with Gasteiger partial charge in [-0.1, -0.05) is 24.4 Å². The van der Waals surface area contributed by atoms with Gasteiger partial charge in [0.2, 0.25) is 0 Å². The lowest BCUT2D eigenvalue weighted by Gasteiger charge is -2.21. The maximum absolute atomic E-state index is 12.0. The van der Waals surface area contributed by atoms with E-state index in [9.17, 15) is 4.79 Å². The Bertz CT molecular complexity index is 434. The minimum atomic E-state index is -0.126. The standard InChI is InChI=1S/C13H19N3OS/c1-3-16(8-7-12(14)18)13(17)15-11-6-4-5-10(2)9-11/h4-6,9H,3,7-8H2,1-2H3,(H2,14,18)(H,15,17). The molecule has 4 nitrogen and oxygen atoms in total. The number of thiocarbonyl (C=S) groups is 1. The molecule has 1 aromatic rings. The maximum Gasteiger partial charge on any atom is 0.321 e. The lowest BCUT2D eigenvalue weighted by atomic mass is 10.2. The van der Waals surface area contributed by atoms with Crippen LogP contribution < -0.4 is 11.1 Å². The smallest absolute Gasteiger partial charge is 0.321 e. The molecule has 0 aliphatic carbocycles. The number of hydrogen-bond donors (Lipinski definition) is 2. The summed E-state index contributed by atoms with van der Waals surface area (Å²) in [4.78, 5) is 14.1. The second-order valence-corrected chi connectivity index (χ2v) is 4.62. The molecule has 0 heterocycles. The molecule has 18 heavy (non-hydrogen) atoms. The Kier molecular flexibility index (Phi) is 5.58. The fraction of sp³-hybridized carbons (Fsp3) is 0.385. The fourth-order valence-corrected chi connectivity index (χ4v) is 1.67. The van der Waals surface area contributed by atoms with Gasteiger partial charge in [-0.3, -0.25) is 0 Å². The number of aryl methyl sites for hydroxylation is 1. The second-order valence-electron chi connectivity index (χ2n) is 4.10. The number of urea groups is 1. The average Bonchev–Trinajstić information content (AvgIpc) is 2.29. The summed E-state index contributed by atoms with van der Waals surface area (Å²) < 4.78 is 0. The van der Waals surface area contributed by atoms with E-state index in [0.717, 1.165) is 11.3 Å². The maximum atomic E-state index is 12.0. The van der Waals surface area contributed by atoms with Crippen LogP contribution in [0, 0.1) is 6.92 Å². The topological polar surface area (TPSA) is 58.4 Å². The molecule has 98 valence electrons. The first kappa shape index (κ1) is 14.4. The number of nitrogens with zero attached hydrogens (tertiary/aromatic N) is 1. The Balaban J connectivity index is 2.59. The quantitative estimate of drug-likeness (QED) is 0.804. The fourth-order valence-electron chi connectivity index (χ4n) is 1.57. The Morgan fingerprint density at radius 1 is 1.50 bits per heavy atom. The molecule has 5 heteroatoms. The summed E-state index contributed by atoms with van der Waals surface area (Å²) in [5.41, 5.74) is 7.35. The van der Waals surface area contributed by atoms with Crippen molar-refractivity contribution in [2.45, 2.75) is 20.3 Å². The van der Waals surface area contributed by atoms with Gasteiger partial charge in [0.05, 0.1) is 4.99 Å². The number of amides is 2. The molecule has 0 aromatic heterocycles. The van der Waals surface area contributed by atoms with Crippen LogP contribution in [-0.2, 0) is 0 Å². The van der Waals surface area contributed by atoms with Gasteiger partial charge in [-0.15, -0.1) is 0 Å². The van der Waals surface area contributed by atoms with Gasteiger partial charge in [-0.2, -0.15) is 0 Å². The molecule has 0 radical (unpaired) electrons. The summed E-state index contributed by atoms with van der Waals surface area (Å²) in [6.45, 7) is 5.08. The number of anilines is 1. The number of carbonyl (C=O) groups is 1. The molecule has 0 atom stereocenters. The summed E-state index contributed by atoms with van der Waals surface area (Å²) in [7, 11) is 0. The highest BCUT2D eigenvalue weighted by molar-refractivity contribution is 7.80. The van der Waals surface area contributed by atoms with E-state index in [0.29, 0.717) is 24.5 Å². The van der Waals surface area contributed by atoms with E-state index >= 15 is 0 Å². The van der Waals surface area contributed by atoms with Crippen molar-refractivity contribution in [3.05, 3.63) is 29.8 Å². The highest BCUT2D eigenvalue weighted by Crippen LogP contribution is 2.10. The van der Waals surface area contributed by atoms with E-state index in [1.54, 1.807) is 4.90 Å². The minimum absolute atomic E-state index is 0.126. The van der Waals surface area contributed by atoms with Crippen LogP contribution in [-0.4, -0.2) is 29.0 Å². The number of rotatable bonds is 5. The second kappa shape index (κ2) is 6.96. The van der Waals surface area contributed by atoms with Gasteiger partial charge >= 0.3 is 6.03 Å². The molecular weight excluding hydrogens is 246 g/mol. The van der Waals surface area contributed by atoms with Gasteiger partial charge in [0.1, 0.15) is 0 Å². The molecule has 0 saturated heterocycles. The molecule has 0 aliphatic heterocycles. The first-order chi connectivity index (χ1) is 8.52. The number of nitrogens with two attached hydrogens (primary N) is 1. The van der Waals surface area contributed by atoms with Crippen LogP contribution in [0.3, 0.4) is 0 Å². The van der Waals surface area contributed by atoms with Crippen LogP contribution in [0.5, 0.6) is 0 Å². The number of benzene rings is 1. The van der Waals surface area contributed by atoms with E-state index in [2.05, 4.69) is 5.32 Å². The van der Waals surface area contributed by atoms with Crippen LogP contribution in [0.2, 0.25) is 0 Å². The van der Waals surface area contributed by atoms with E-state index in [1.165, 1.54) is 0 Å². The van der Waals surface area contributed by atoms with Gasteiger partial charge in [0.15, 0.2) is 0 Å². The van der Waals surface area contributed by atoms with Gasteiger partial charge in [0.25, 0.3) is 0 Å². The highest BCUT2D eigenvalue weighted by atomic mass is 32.1.